The smallest absolute Gasteiger partial charge is 0.263 e. The van der Waals surface area contributed by atoms with Gasteiger partial charge in [0.05, 0.1) is 0 Å². The van der Waals surface area contributed by atoms with Gasteiger partial charge in [-0.05, 0) is 49.2 Å². The standard InChI is InChI=1S/C18H21ClN4O2/c19-14-5-7-15(8-6-14)25-13-18(24)20-16-9-10-17(22-21-16)23-11-3-1-2-4-12-23/h5-10H,1-4,11-13H2,(H,20,21,24). The highest BCUT2D eigenvalue weighted by Gasteiger charge is 2.12. The van der Waals surface area contributed by atoms with E-state index in [9.17, 15) is 4.79 Å². The lowest BCUT2D eigenvalue weighted by Crippen LogP contribution is -2.25. The lowest BCUT2D eigenvalue weighted by molar-refractivity contribution is -0.118. The summed E-state index contributed by atoms with van der Waals surface area (Å²) in [6, 6.07) is 10.5. The van der Waals surface area contributed by atoms with Crippen LogP contribution < -0.4 is 15.0 Å². The van der Waals surface area contributed by atoms with E-state index >= 15 is 0 Å². The first kappa shape index (κ1) is 17.5. The number of amides is 1. The molecule has 1 aliphatic heterocycles. The van der Waals surface area contributed by atoms with Gasteiger partial charge in [-0.1, -0.05) is 24.4 Å². The lowest BCUT2D eigenvalue weighted by Gasteiger charge is -2.20. The Labute approximate surface area is 152 Å². The van der Waals surface area contributed by atoms with Gasteiger partial charge in [0.25, 0.3) is 5.91 Å². The van der Waals surface area contributed by atoms with Crippen molar-refractivity contribution in [3.8, 4) is 5.75 Å². The minimum atomic E-state index is -0.285. The van der Waals surface area contributed by atoms with Crippen molar-refractivity contribution < 1.29 is 9.53 Å². The molecular weight excluding hydrogens is 340 g/mol. The summed E-state index contributed by atoms with van der Waals surface area (Å²) < 4.78 is 5.40. The van der Waals surface area contributed by atoms with E-state index in [-0.39, 0.29) is 12.5 Å². The number of nitrogens with zero attached hydrogens (tertiary/aromatic N) is 3. The van der Waals surface area contributed by atoms with Gasteiger partial charge in [-0.3, -0.25) is 4.79 Å². The molecule has 0 aliphatic carbocycles. The minimum absolute atomic E-state index is 0.100. The van der Waals surface area contributed by atoms with Crippen LogP contribution in [0, 0.1) is 0 Å². The van der Waals surface area contributed by atoms with Crippen molar-refractivity contribution >= 4 is 29.1 Å². The molecule has 0 saturated carbocycles. The van der Waals surface area contributed by atoms with Crippen molar-refractivity contribution in [2.75, 3.05) is 29.9 Å². The highest BCUT2D eigenvalue weighted by atomic mass is 35.5. The number of ether oxygens (including phenoxy) is 1. The zero-order chi connectivity index (χ0) is 17.5. The zero-order valence-electron chi connectivity index (χ0n) is 13.9. The molecule has 2 aromatic rings. The van der Waals surface area contributed by atoms with E-state index in [1.165, 1.54) is 25.7 Å². The Morgan fingerprint density at radius 1 is 1.04 bits per heavy atom. The maximum absolute atomic E-state index is 11.9. The van der Waals surface area contributed by atoms with E-state index in [1.54, 1.807) is 30.3 Å². The van der Waals surface area contributed by atoms with Crippen LogP contribution in [0.25, 0.3) is 0 Å². The molecule has 1 aromatic carbocycles. The number of anilines is 2. The summed E-state index contributed by atoms with van der Waals surface area (Å²) in [7, 11) is 0. The van der Waals surface area contributed by atoms with E-state index in [1.807, 2.05) is 6.07 Å². The third kappa shape index (κ3) is 5.32. The molecule has 0 radical (unpaired) electrons. The van der Waals surface area contributed by atoms with Gasteiger partial charge < -0.3 is 15.0 Å². The number of hydrogen-bond acceptors (Lipinski definition) is 5. The van der Waals surface area contributed by atoms with Crippen molar-refractivity contribution in [1.29, 1.82) is 0 Å². The Hall–Kier alpha value is -2.34. The van der Waals surface area contributed by atoms with Crippen molar-refractivity contribution in [2.24, 2.45) is 0 Å². The van der Waals surface area contributed by atoms with Gasteiger partial charge in [-0.15, -0.1) is 10.2 Å². The number of nitrogens with one attached hydrogen (secondary N) is 1. The van der Waals surface area contributed by atoms with E-state index in [0.717, 1.165) is 18.9 Å². The second kappa shape index (κ2) is 8.67. The van der Waals surface area contributed by atoms with Crippen LogP contribution in [0.1, 0.15) is 25.7 Å². The molecule has 1 amide bonds. The van der Waals surface area contributed by atoms with Crippen LogP contribution in [0.4, 0.5) is 11.6 Å². The first-order valence-corrected chi connectivity index (χ1v) is 8.85. The van der Waals surface area contributed by atoms with Gasteiger partial charge in [0.2, 0.25) is 0 Å². The normalized spacial score (nSPS) is 14.7. The number of rotatable bonds is 5. The zero-order valence-corrected chi connectivity index (χ0v) is 14.7. The number of benzene rings is 1. The Kier molecular flexibility index (Phi) is 6.06. The quantitative estimate of drug-likeness (QED) is 0.883. The molecule has 0 spiro atoms. The fraction of sp³-hybridized carbons (Fsp3) is 0.389. The first-order valence-electron chi connectivity index (χ1n) is 8.47. The number of carbonyl (C=O) groups is 1. The lowest BCUT2D eigenvalue weighted by atomic mass is 10.2. The third-order valence-corrected chi connectivity index (χ3v) is 4.28. The Bertz CT molecular complexity index is 683. The predicted molar refractivity (Wildman–Crippen MR) is 98.3 cm³/mol. The maximum atomic E-state index is 11.9. The molecule has 1 aliphatic rings. The topological polar surface area (TPSA) is 67.3 Å². The van der Waals surface area contributed by atoms with Gasteiger partial charge in [-0.25, -0.2) is 0 Å². The molecule has 0 atom stereocenters. The molecule has 7 heteroatoms. The van der Waals surface area contributed by atoms with Crippen LogP contribution in [-0.4, -0.2) is 35.8 Å². The van der Waals surface area contributed by atoms with Gasteiger partial charge >= 0.3 is 0 Å². The third-order valence-electron chi connectivity index (χ3n) is 4.03. The van der Waals surface area contributed by atoms with Crippen LogP contribution in [-0.2, 0) is 4.79 Å². The Morgan fingerprint density at radius 2 is 1.76 bits per heavy atom. The average Bonchev–Trinajstić information content (AvgIpc) is 2.91. The van der Waals surface area contributed by atoms with E-state index in [0.29, 0.717) is 16.6 Å². The van der Waals surface area contributed by atoms with Crippen LogP contribution in [0.2, 0.25) is 5.02 Å². The van der Waals surface area contributed by atoms with Crippen molar-refractivity contribution in [1.82, 2.24) is 10.2 Å². The summed E-state index contributed by atoms with van der Waals surface area (Å²) in [6.45, 7) is 1.92. The van der Waals surface area contributed by atoms with Crippen LogP contribution in [0.3, 0.4) is 0 Å². The van der Waals surface area contributed by atoms with Gasteiger partial charge in [0.15, 0.2) is 18.2 Å². The molecule has 6 nitrogen and oxygen atoms in total. The van der Waals surface area contributed by atoms with Crippen molar-refractivity contribution in [3.05, 3.63) is 41.4 Å². The number of hydrogen-bond donors (Lipinski definition) is 1. The highest BCUT2D eigenvalue weighted by molar-refractivity contribution is 6.30. The summed E-state index contributed by atoms with van der Waals surface area (Å²) in [6.07, 6.45) is 4.90. The van der Waals surface area contributed by atoms with Crippen LogP contribution >= 0.6 is 11.6 Å². The van der Waals surface area contributed by atoms with Gasteiger partial charge in [0, 0.05) is 18.1 Å². The number of carbonyl (C=O) groups excluding carboxylic acids is 1. The average molecular weight is 361 g/mol. The van der Waals surface area contributed by atoms with Crippen molar-refractivity contribution in [3.63, 3.8) is 0 Å². The SMILES string of the molecule is O=C(COc1ccc(Cl)cc1)Nc1ccc(N2CCCCCC2)nn1. The molecule has 1 saturated heterocycles. The molecule has 0 unspecified atom stereocenters. The second-order valence-electron chi connectivity index (χ2n) is 5.97. The maximum Gasteiger partial charge on any atom is 0.263 e. The largest absolute Gasteiger partial charge is 0.484 e. The Balaban J connectivity index is 1.50. The van der Waals surface area contributed by atoms with Crippen molar-refractivity contribution in [2.45, 2.75) is 25.7 Å². The molecule has 2 heterocycles. The Morgan fingerprint density at radius 3 is 2.40 bits per heavy atom. The summed E-state index contributed by atoms with van der Waals surface area (Å²) in [5, 5.41) is 11.6. The minimum Gasteiger partial charge on any atom is -0.484 e. The van der Waals surface area contributed by atoms with Gasteiger partial charge in [-0.2, -0.15) is 0 Å². The van der Waals surface area contributed by atoms with E-state index in [4.69, 9.17) is 16.3 Å². The molecule has 0 bridgehead atoms. The molecular formula is C18H21ClN4O2. The summed E-state index contributed by atoms with van der Waals surface area (Å²) in [5.41, 5.74) is 0. The molecule has 1 aromatic heterocycles. The van der Waals surface area contributed by atoms with Gasteiger partial charge in [0.1, 0.15) is 5.75 Å². The highest BCUT2D eigenvalue weighted by Crippen LogP contribution is 2.18. The van der Waals surface area contributed by atoms with E-state index < -0.39 is 0 Å². The van der Waals surface area contributed by atoms with E-state index in [2.05, 4.69) is 20.4 Å². The summed E-state index contributed by atoms with van der Waals surface area (Å²) >= 11 is 5.81. The first-order chi connectivity index (χ1) is 12.2. The molecule has 25 heavy (non-hydrogen) atoms. The summed E-state index contributed by atoms with van der Waals surface area (Å²) in [5.74, 6) is 1.58. The fourth-order valence-electron chi connectivity index (χ4n) is 2.72. The summed E-state index contributed by atoms with van der Waals surface area (Å²) in [4.78, 5) is 14.2. The number of halogens is 1. The fourth-order valence-corrected chi connectivity index (χ4v) is 2.84. The second-order valence-corrected chi connectivity index (χ2v) is 6.41. The molecule has 1 N–H and O–H groups in total. The van der Waals surface area contributed by atoms with Crippen LogP contribution in [0.15, 0.2) is 36.4 Å². The molecule has 1 fully saturated rings. The molecule has 3 rings (SSSR count). The number of aromatic nitrogens is 2. The monoisotopic (exact) mass is 360 g/mol. The molecule has 132 valence electrons. The van der Waals surface area contributed by atoms with Crippen LogP contribution in [0.5, 0.6) is 5.75 Å². The predicted octanol–water partition coefficient (Wildman–Crippen LogP) is 3.53.